The zero-order valence-electron chi connectivity index (χ0n) is 27.7. The van der Waals surface area contributed by atoms with Gasteiger partial charge in [0, 0.05) is 33.0 Å². The van der Waals surface area contributed by atoms with Crippen LogP contribution in [0.25, 0.3) is 11.1 Å². The first-order chi connectivity index (χ1) is 19.2. The minimum atomic E-state index is -3.07. The van der Waals surface area contributed by atoms with E-state index in [1.165, 1.54) is 24.3 Å². The first kappa shape index (κ1) is 9.76. The summed E-state index contributed by atoms with van der Waals surface area (Å²) in [5.74, 6) is -1.65. The number of rotatable bonds is 9. The monoisotopic (exact) mass is 423 g/mol. The van der Waals surface area contributed by atoms with Crippen LogP contribution >= 0.6 is 11.6 Å². The van der Waals surface area contributed by atoms with E-state index < -0.39 is 96.1 Å². The number of carboxylic acids is 1. The second-order valence-corrected chi connectivity index (χ2v) is 5.88. The Labute approximate surface area is 193 Å². The second kappa shape index (κ2) is 10.1. The van der Waals surface area contributed by atoms with Gasteiger partial charge >= 0.3 is 5.97 Å². The molecule has 0 saturated heterocycles. The fraction of sp³-hybridized carbons (Fsp3) is 0.174. The first-order valence-electron chi connectivity index (χ1n) is 14.6. The van der Waals surface area contributed by atoms with Crippen LogP contribution in [0.2, 0.25) is 5.02 Å². The normalized spacial score (nSPS) is 20.3. The molecule has 3 aromatic carbocycles. The fourth-order valence-corrected chi connectivity index (χ4v) is 2.32. The second-order valence-electron chi connectivity index (χ2n) is 5.50. The van der Waals surface area contributed by atoms with Crippen LogP contribution in [0.5, 0.6) is 0 Å². The van der Waals surface area contributed by atoms with Gasteiger partial charge in [-0.3, -0.25) is 0 Å². The van der Waals surface area contributed by atoms with E-state index in [4.69, 9.17) is 29.4 Å². The van der Waals surface area contributed by atoms with Gasteiger partial charge < -0.3 is 20.8 Å². The Morgan fingerprint density at radius 3 is 2.83 bits per heavy atom. The van der Waals surface area contributed by atoms with Crippen LogP contribution in [0.15, 0.2) is 72.6 Å². The van der Waals surface area contributed by atoms with Crippen LogP contribution < -0.4 is 10.6 Å². The van der Waals surface area contributed by atoms with Gasteiger partial charge in [0.05, 0.1) is 26.7 Å². The van der Waals surface area contributed by atoms with Crippen molar-refractivity contribution >= 4 is 23.3 Å². The van der Waals surface area contributed by atoms with Gasteiger partial charge in [-0.2, -0.15) is 0 Å². The molecule has 0 saturated carbocycles. The van der Waals surface area contributed by atoms with Crippen molar-refractivity contribution < 1.29 is 32.8 Å². The van der Waals surface area contributed by atoms with Crippen LogP contribution in [0.4, 0.5) is 5.69 Å². The van der Waals surface area contributed by atoms with Crippen molar-refractivity contribution in [1.29, 1.82) is 0 Å². The average molecular weight is 424 g/mol. The standard InChI is InChI=1S/C23H23ClN2O3/c24-20-8-2-6-18(13-20)22(27)15-25-10-11-26-21-9-3-5-17(14-21)16-4-1-7-19(12-16)23(28)29/h1-9,12-14,22,25-27H,10-11,15H2,(H,28,29)/t22-/m0/s1/i1D,2D,4D,6D,7D,8D,10D2,11D2,12D,13D,22D. The quantitative estimate of drug-likeness (QED) is 0.409. The number of halogens is 1. The lowest BCUT2D eigenvalue weighted by molar-refractivity contribution is 0.0697. The lowest BCUT2D eigenvalue weighted by Gasteiger charge is -2.13. The van der Waals surface area contributed by atoms with Crippen LogP contribution in [-0.4, -0.2) is 35.7 Å². The van der Waals surface area contributed by atoms with Crippen molar-refractivity contribution in [1.82, 2.24) is 5.32 Å². The van der Waals surface area contributed by atoms with Gasteiger partial charge in [-0.15, -0.1) is 0 Å². The number of hydrogen-bond donors (Lipinski definition) is 4. The summed E-state index contributed by atoms with van der Waals surface area (Å²) >= 11 is 5.83. The van der Waals surface area contributed by atoms with Gasteiger partial charge in [-0.25, -0.2) is 4.79 Å². The molecule has 0 heterocycles. The van der Waals surface area contributed by atoms with Crippen molar-refractivity contribution in [3.05, 3.63) is 88.8 Å². The highest BCUT2D eigenvalue weighted by Crippen LogP contribution is 2.23. The fourth-order valence-electron chi connectivity index (χ4n) is 2.18. The maximum atomic E-state index is 11.6. The van der Waals surface area contributed by atoms with Crippen LogP contribution in [0.3, 0.4) is 0 Å². The molecule has 3 rings (SSSR count). The van der Waals surface area contributed by atoms with Crippen LogP contribution in [0, 0.1) is 0 Å². The minimum Gasteiger partial charge on any atom is -0.478 e. The smallest absolute Gasteiger partial charge is 0.335 e. The molecule has 0 amide bonds. The molecule has 29 heavy (non-hydrogen) atoms. The molecular weight excluding hydrogens is 388 g/mol. The number of aliphatic hydroxyl groups is 1. The van der Waals surface area contributed by atoms with Gasteiger partial charge in [0.1, 0.15) is 0 Å². The van der Waals surface area contributed by atoms with Gasteiger partial charge in [0.15, 0.2) is 0 Å². The Kier molecular flexibility index (Phi) is 3.39. The molecule has 0 unspecified atom stereocenters. The molecular formula is C23H23ClN2O3. The van der Waals surface area contributed by atoms with Gasteiger partial charge in [-0.1, -0.05) is 47.9 Å². The Morgan fingerprint density at radius 2 is 2.00 bits per heavy atom. The number of nitrogens with one attached hydrogen (secondary N) is 2. The van der Waals surface area contributed by atoms with Crippen molar-refractivity contribution in [3.8, 4) is 11.1 Å². The number of aromatic carboxylic acids is 1. The molecule has 0 radical (unpaired) electrons. The maximum Gasteiger partial charge on any atom is 0.335 e. The zero-order valence-corrected chi connectivity index (χ0v) is 15.5. The number of carboxylic acid groups (broad SMARTS) is 1. The van der Waals surface area contributed by atoms with Crippen LogP contribution in [-0.2, 0) is 0 Å². The largest absolute Gasteiger partial charge is 0.478 e. The Bertz CT molecular complexity index is 1560. The molecule has 150 valence electrons. The molecule has 6 heteroatoms. The van der Waals surface area contributed by atoms with Gasteiger partial charge in [-0.05, 0) is 53.0 Å². The predicted octanol–water partition coefficient (Wildman–Crippen LogP) is 4.44. The molecule has 0 aromatic heterocycles. The Balaban J connectivity index is 1.93. The third-order valence-electron chi connectivity index (χ3n) is 3.49. The summed E-state index contributed by atoms with van der Waals surface area (Å²) in [7, 11) is 0. The third-order valence-corrected chi connectivity index (χ3v) is 3.68. The molecule has 0 fully saturated rings. The van der Waals surface area contributed by atoms with Crippen molar-refractivity contribution in [2.75, 3.05) is 24.9 Å². The van der Waals surface area contributed by atoms with E-state index >= 15 is 0 Å². The number of hydrogen-bond acceptors (Lipinski definition) is 4. The SMILES string of the molecule is [2H]c1c([2H])c(C(=O)O)c([2H])c(-c2cccc(NC([2H])([2H])C([2H])([2H])NC[C@]([2H])(O)c3c([2H])c([2H])c([2H])c(Cl)c3[2H])c2)c1[2H]. The van der Waals surface area contributed by atoms with E-state index in [9.17, 15) is 15.0 Å². The van der Waals surface area contributed by atoms with Crippen molar-refractivity contribution in [2.24, 2.45) is 0 Å². The lowest BCUT2D eigenvalue weighted by Crippen LogP contribution is -2.26. The lowest BCUT2D eigenvalue weighted by atomic mass is 10.0. The highest BCUT2D eigenvalue weighted by atomic mass is 35.5. The molecule has 4 N–H and O–H groups in total. The molecule has 0 aliphatic carbocycles. The Hall–Kier alpha value is -2.86. The molecule has 0 spiro atoms. The summed E-state index contributed by atoms with van der Waals surface area (Å²) in [6, 6.07) is -0.800. The summed E-state index contributed by atoms with van der Waals surface area (Å²) in [5, 5.41) is 23.8. The van der Waals surface area contributed by atoms with Gasteiger partial charge in [0.25, 0.3) is 0 Å². The molecule has 0 aliphatic rings. The number of anilines is 1. The molecule has 0 aliphatic heterocycles. The summed E-state index contributed by atoms with van der Waals surface area (Å²) in [6.07, 6.45) is -2.94. The van der Waals surface area contributed by atoms with Crippen molar-refractivity contribution in [3.63, 3.8) is 0 Å². The molecule has 5 nitrogen and oxygen atoms in total. The summed E-state index contributed by atoms with van der Waals surface area (Å²) in [6.45, 7) is -7.16. The minimum absolute atomic E-state index is 0.00252. The van der Waals surface area contributed by atoms with Crippen molar-refractivity contribution in [2.45, 2.75) is 6.08 Å². The Morgan fingerprint density at radius 1 is 1.17 bits per heavy atom. The van der Waals surface area contributed by atoms with E-state index in [0.29, 0.717) is 0 Å². The van der Waals surface area contributed by atoms with E-state index in [0.717, 1.165) is 0 Å². The predicted molar refractivity (Wildman–Crippen MR) is 117 cm³/mol. The first-order valence-corrected chi connectivity index (χ1v) is 8.50. The van der Waals surface area contributed by atoms with E-state index in [-0.39, 0.29) is 16.8 Å². The number of carbonyl (C=O) groups is 1. The topological polar surface area (TPSA) is 81.6 Å². The maximum absolute atomic E-state index is 11.6. The van der Waals surface area contributed by atoms with E-state index in [2.05, 4.69) is 5.32 Å². The van der Waals surface area contributed by atoms with Gasteiger partial charge in [0.2, 0.25) is 0 Å². The average Bonchev–Trinajstić information content (AvgIpc) is 2.88. The highest BCUT2D eigenvalue weighted by molar-refractivity contribution is 6.30. The van der Waals surface area contributed by atoms with Crippen LogP contribution in [0.1, 0.15) is 39.8 Å². The molecule has 1 atom stereocenters. The third kappa shape index (κ3) is 6.06. The summed E-state index contributed by atoms with van der Waals surface area (Å²) in [4.78, 5) is 11.6. The number of benzene rings is 3. The summed E-state index contributed by atoms with van der Waals surface area (Å²) < 4.78 is 105. The summed E-state index contributed by atoms with van der Waals surface area (Å²) in [5.41, 5.74) is -2.01. The highest BCUT2D eigenvalue weighted by Gasteiger charge is 2.07. The van der Waals surface area contributed by atoms with E-state index in [1.54, 1.807) is 0 Å². The molecule has 3 aromatic rings. The zero-order chi connectivity index (χ0) is 32.1. The van der Waals surface area contributed by atoms with E-state index in [1.807, 2.05) is 5.32 Å². The molecule has 0 bridgehead atoms.